The Morgan fingerprint density at radius 3 is 2.86 bits per heavy atom. The zero-order valence-corrected chi connectivity index (χ0v) is 13.0. The molecule has 1 heterocycles. The standard InChI is InChI=1S/C15H15FN2O3S/c1-3-21-14(20)13-9(2)17-15(22-13)18-12(19)8-10-5-4-6-11(16)7-10/h4-7H,3,8H2,1-2H3,(H,17,18,19). The van der Waals surface area contributed by atoms with Gasteiger partial charge in [0.2, 0.25) is 5.91 Å². The molecule has 1 amide bonds. The Morgan fingerprint density at radius 2 is 2.18 bits per heavy atom. The van der Waals surface area contributed by atoms with E-state index >= 15 is 0 Å². The Labute approximate surface area is 131 Å². The molecule has 116 valence electrons. The van der Waals surface area contributed by atoms with Crippen LogP contribution in [0, 0.1) is 12.7 Å². The van der Waals surface area contributed by atoms with E-state index in [1.807, 2.05) is 0 Å². The summed E-state index contributed by atoms with van der Waals surface area (Å²) in [6, 6.07) is 5.83. The Balaban J connectivity index is 2.03. The van der Waals surface area contributed by atoms with E-state index in [1.54, 1.807) is 26.0 Å². The van der Waals surface area contributed by atoms with Crippen LogP contribution in [0.3, 0.4) is 0 Å². The molecule has 5 nitrogen and oxygen atoms in total. The fourth-order valence-electron chi connectivity index (χ4n) is 1.83. The number of aryl methyl sites for hydroxylation is 1. The molecule has 0 fully saturated rings. The summed E-state index contributed by atoms with van der Waals surface area (Å²) in [6.07, 6.45) is 0.0329. The minimum atomic E-state index is -0.455. The summed E-state index contributed by atoms with van der Waals surface area (Å²) in [5.74, 6) is -1.17. The van der Waals surface area contributed by atoms with Gasteiger partial charge in [0.1, 0.15) is 10.7 Å². The van der Waals surface area contributed by atoms with E-state index in [1.165, 1.54) is 12.1 Å². The normalized spacial score (nSPS) is 10.3. The largest absolute Gasteiger partial charge is 0.462 e. The molecule has 0 bridgehead atoms. The van der Waals surface area contributed by atoms with Gasteiger partial charge in [-0.25, -0.2) is 14.2 Å². The lowest BCUT2D eigenvalue weighted by Crippen LogP contribution is -2.14. The Bertz CT molecular complexity index is 700. The van der Waals surface area contributed by atoms with Gasteiger partial charge in [0.15, 0.2) is 5.13 Å². The third-order valence-electron chi connectivity index (χ3n) is 2.76. The number of nitrogens with one attached hydrogen (secondary N) is 1. The van der Waals surface area contributed by atoms with Gasteiger partial charge in [-0.15, -0.1) is 0 Å². The van der Waals surface area contributed by atoms with Crippen molar-refractivity contribution in [2.75, 3.05) is 11.9 Å². The number of hydrogen-bond acceptors (Lipinski definition) is 5. The second kappa shape index (κ2) is 7.13. The minimum Gasteiger partial charge on any atom is -0.462 e. The second-order valence-corrected chi connectivity index (χ2v) is 5.51. The van der Waals surface area contributed by atoms with Crippen LogP contribution in [0.25, 0.3) is 0 Å². The van der Waals surface area contributed by atoms with Crippen LogP contribution in [-0.4, -0.2) is 23.5 Å². The number of carbonyl (C=O) groups is 2. The first kappa shape index (κ1) is 16.1. The number of benzene rings is 1. The molecule has 2 rings (SSSR count). The van der Waals surface area contributed by atoms with Crippen molar-refractivity contribution in [3.05, 3.63) is 46.2 Å². The van der Waals surface area contributed by atoms with Gasteiger partial charge in [-0.3, -0.25) is 4.79 Å². The molecule has 0 radical (unpaired) electrons. The van der Waals surface area contributed by atoms with E-state index in [0.29, 0.717) is 21.3 Å². The first-order valence-corrected chi connectivity index (χ1v) is 7.50. The van der Waals surface area contributed by atoms with Gasteiger partial charge in [0.25, 0.3) is 0 Å². The average Bonchev–Trinajstić information content (AvgIpc) is 2.79. The number of nitrogens with zero attached hydrogens (tertiary/aromatic N) is 1. The number of esters is 1. The lowest BCUT2D eigenvalue weighted by Gasteiger charge is -2.02. The Hall–Kier alpha value is -2.28. The van der Waals surface area contributed by atoms with Gasteiger partial charge in [-0.05, 0) is 31.5 Å². The van der Waals surface area contributed by atoms with Crippen molar-refractivity contribution < 1.29 is 18.7 Å². The molecule has 0 saturated carbocycles. The van der Waals surface area contributed by atoms with Crippen LogP contribution in [0.15, 0.2) is 24.3 Å². The summed E-state index contributed by atoms with van der Waals surface area (Å²) in [7, 11) is 0. The molecule has 0 saturated heterocycles. The number of rotatable bonds is 5. The summed E-state index contributed by atoms with van der Waals surface area (Å²) in [4.78, 5) is 28.1. The molecule has 0 aliphatic heterocycles. The number of carbonyl (C=O) groups excluding carboxylic acids is 2. The van der Waals surface area contributed by atoms with Crippen LogP contribution in [0.5, 0.6) is 0 Å². The fourth-order valence-corrected chi connectivity index (χ4v) is 2.71. The quantitative estimate of drug-likeness (QED) is 0.859. The number of hydrogen-bond donors (Lipinski definition) is 1. The molecule has 1 N–H and O–H groups in total. The van der Waals surface area contributed by atoms with Crippen molar-refractivity contribution in [1.29, 1.82) is 0 Å². The lowest BCUT2D eigenvalue weighted by molar-refractivity contribution is -0.115. The molecule has 0 aliphatic rings. The fraction of sp³-hybridized carbons (Fsp3) is 0.267. The summed E-state index contributed by atoms with van der Waals surface area (Å²) < 4.78 is 18.0. The highest BCUT2D eigenvalue weighted by Crippen LogP contribution is 2.23. The van der Waals surface area contributed by atoms with Crippen LogP contribution < -0.4 is 5.32 Å². The van der Waals surface area contributed by atoms with Crippen molar-refractivity contribution in [3.8, 4) is 0 Å². The summed E-state index contributed by atoms with van der Waals surface area (Å²) in [5.41, 5.74) is 1.07. The van der Waals surface area contributed by atoms with Gasteiger partial charge < -0.3 is 10.1 Å². The highest BCUT2D eigenvalue weighted by molar-refractivity contribution is 7.17. The maximum atomic E-state index is 13.1. The first-order chi connectivity index (χ1) is 10.5. The van der Waals surface area contributed by atoms with E-state index in [-0.39, 0.29) is 24.8 Å². The third-order valence-corrected chi connectivity index (χ3v) is 3.81. The zero-order valence-electron chi connectivity index (χ0n) is 12.2. The van der Waals surface area contributed by atoms with Gasteiger partial charge in [0.05, 0.1) is 18.7 Å². The third kappa shape index (κ3) is 4.11. The molecular formula is C15H15FN2O3S. The number of anilines is 1. The molecule has 1 aromatic heterocycles. The average molecular weight is 322 g/mol. The van der Waals surface area contributed by atoms with Crippen molar-refractivity contribution in [1.82, 2.24) is 4.98 Å². The predicted molar refractivity (Wildman–Crippen MR) is 81.5 cm³/mol. The summed E-state index contributed by atoms with van der Waals surface area (Å²) >= 11 is 1.06. The maximum absolute atomic E-state index is 13.1. The first-order valence-electron chi connectivity index (χ1n) is 6.68. The van der Waals surface area contributed by atoms with Gasteiger partial charge >= 0.3 is 5.97 Å². The van der Waals surface area contributed by atoms with Crippen LogP contribution >= 0.6 is 11.3 Å². The number of thiazole rings is 1. The van der Waals surface area contributed by atoms with Gasteiger partial charge in [0, 0.05) is 0 Å². The molecule has 0 atom stereocenters. The van der Waals surface area contributed by atoms with Crippen LogP contribution in [-0.2, 0) is 16.0 Å². The van der Waals surface area contributed by atoms with Crippen molar-refractivity contribution in [2.45, 2.75) is 20.3 Å². The summed E-state index contributed by atoms with van der Waals surface area (Å²) in [6.45, 7) is 3.67. The molecule has 7 heteroatoms. The van der Waals surface area contributed by atoms with E-state index in [2.05, 4.69) is 10.3 Å². The molecule has 0 aliphatic carbocycles. The SMILES string of the molecule is CCOC(=O)c1sc(NC(=O)Cc2cccc(F)c2)nc1C. The Kier molecular flexibility index (Phi) is 5.21. The highest BCUT2D eigenvalue weighted by atomic mass is 32.1. The maximum Gasteiger partial charge on any atom is 0.350 e. The van der Waals surface area contributed by atoms with Gasteiger partial charge in [-0.2, -0.15) is 0 Å². The monoisotopic (exact) mass is 322 g/mol. The van der Waals surface area contributed by atoms with E-state index < -0.39 is 5.97 Å². The molecule has 22 heavy (non-hydrogen) atoms. The smallest absolute Gasteiger partial charge is 0.350 e. The molecule has 1 aromatic carbocycles. The van der Waals surface area contributed by atoms with Crippen LogP contribution in [0.2, 0.25) is 0 Å². The Morgan fingerprint density at radius 1 is 1.41 bits per heavy atom. The second-order valence-electron chi connectivity index (χ2n) is 4.51. The van der Waals surface area contributed by atoms with Crippen LogP contribution in [0.4, 0.5) is 9.52 Å². The highest BCUT2D eigenvalue weighted by Gasteiger charge is 2.17. The van der Waals surface area contributed by atoms with E-state index in [0.717, 1.165) is 11.3 Å². The molecule has 0 unspecified atom stereocenters. The van der Waals surface area contributed by atoms with Crippen molar-refractivity contribution >= 4 is 28.3 Å². The minimum absolute atomic E-state index is 0.0329. The predicted octanol–water partition coefficient (Wildman–Crippen LogP) is 2.95. The van der Waals surface area contributed by atoms with E-state index in [9.17, 15) is 14.0 Å². The van der Waals surface area contributed by atoms with Crippen molar-refractivity contribution in [2.24, 2.45) is 0 Å². The van der Waals surface area contributed by atoms with Gasteiger partial charge in [-0.1, -0.05) is 23.5 Å². The topological polar surface area (TPSA) is 68.3 Å². The number of amides is 1. The molecule has 0 spiro atoms. The summed E-state index contributed by atoms with van der Waals surface area (Å²) in [5, 5.41) is 2.93. The van der Waals surface area contributed by atoms with Crippen LogP contribution in [0.1, 0.15) is 27.9 Å². The number of halogens is 1. The molecule has 2 aromatic rings. The lowest BCUT2D eigenvalue weighted by atomic mass is 10.1. The number of ether oxygens (including phenoxy) is 1. The molecular weight excluding hydrogens is 307 g/mol. The van der Waals surface area contributed by atoms with Crippen molar-refractivity contribution in [3.63, 3.8) is 0 Å². The van der Waals surface area contributed by atoms with E-state index in [4.69, 9.17) is 4.74 Å². The number of aromatic nitrogens is 1. The zero-order chi connectivity index (χ0) is 16.1.